The molecule has 42 heavy (non-hydrogen) atoms. The number of carboxylic acid groups (broad SMARTS) is 1. The normalized spacial score (nSPS) is 13.8. The van der Waals surface area contributed by atoms with Crippen LogP contribution in [-0.2, 0) is 4.79 Å². The zero-order chi connectivity index (χ0) is 30.6. The lowest BCUT2D eigenvalue weighted by Gasteiger charge is -2.22. The van der Waals surface area contributed by atoms with Gasteiger partial charge in [0, 0.05) is 29.7 Å². The number of hydrogen-bond donors (Lipinski definition) is 2. The second-order valence-corrected chi connectivity index (χ2v) is 11.0. The van der Waals surface area contributed by atoms with Crippen LogP contribution in [0.15, 0.2) is 66.7 Å². The number of benzene rings is 3. The van der Waals surface area contributed by atoms with E-state index in [1.807, 2.05) is 38.1 Å². The van der Waals surface area contributed by atoms with E-state index in [2.05, 4.69) is 5.32 Å². The first-order valence-corrected chi connectivity index (χ1v) is 15.2. The van der Waals surface area contributed by atoms with Crippen molar-refractivity contribution in [2.24, 2.45) is 0 Å². The van der Waals surface area contributed by atoms with Gasteiger partial charge in [-0.3, -0.25) is 19.2 Å². The van der Waals surface area contributed by atoms with Crippen LogP contribution in [0.1, 0.15) is 113 Å². The third kappa shape index (κ3) is 9.01. The van der Waals surface area contributed by atoms with Crippen LogP contribution in [-0.4, -0.2) is 35.1 Å². The summed E-state index contributed by atoms with van der Waals surface area (Å²) in [5.41, 5.74) is 3.03. The Balaban J connectivity index is 0.00000237. The minimum absolute atomic E-state index is 0.00599. The minimum Gasteiger partial charge on any atom is -0.481 e. The number of amides is 1. The number of Topliss-reactive ketones (excluding diaryl/α,β-unsaturated/α-hetero) is 2. The Morgan fingerprint density at radius 1 is 0.810 bits per heavy atom. The highest BCUT2D eigenvalue weighted by atomic mass is 35.5. The fourth-order valence-corrected chi connectivity index (χ4v) is 5.44. The largest absolute Gasteiger partial charge is 0.481 e. The average molecular weight is 611 g/mol. The molecule has 8 heteroatoms. The molecule has 0 saturated heterocycles. The molecule has 0 aromatic heterocycles. The fraction of sp³-hybridized carbons (Fsp3) is 0.353. The maximum atomic E-state index is 13.8. The summed E-state index contributed by atoms with van der Waals surface area (Å²) in [5, 5.41) is 11.9. The van der Waals surface area contributed by atoms with E-state index in [1.54, 1.807) is 36.4 Å². The number of rotatable bonds is 11. The van der Waals surface area contributed by atoms with Crippen molar-refractivity contribution >= 4 is 46.6 Å². The lowest BCUT2D eigenvalue weighted by molar-refractivity contribution is -0.136. The molecule has 0 spiro atoms. The molecular formula is C34H37Cl2NO5. The monoisotopic (exact) mass is 609 g/mol. The van der Waals surface area contributed by atoms with Gasteiger partial charge in [-0.1, -0.05) is 92.7 Å². The number of ketones is 2. The van der Waals surface area contributed by atoms with Crippen LogP contribution in [0.2, 0.25) is 10.0 Å². The van der Waals surface area contributed by atoms with Crippen molar-refractivity contribution in [1.29, 1.82) is 0 Å². The number of carbonyl (C=O) groups excluding carboxylic acids is 3. The molecular weight excluding hydrogens is 573 g/mol. The second-order valence-electron chi connectivity index (χ2n) is 10.2. The summed E-state index contributed by atoms with van der Waals surface area (Å²) in [7, 11) is 0. The van der Waals surface area contributed by atoms with Crippen LogP contribution in [0.3, 0.4) is 0 Å². The molecule has 6 nitrogen and oxygen atoms in total. The number of hydrogen-bond acceptors (Lipinski definition) is 4. The molecule has 0 radical (unpaired) electrons. The molecule has 2 N–H and O–H groups in total. The van der Waals surface area contributed by atoms with E-state index < -0.39 is 17.8 Å². The van der Waals surface area contributed by atoms with Gasteiger partial charge in [0.15, 0.2) is 11.6 Å². The Kier molecular flexibility index (Phi) is 12.8. The van der Waals surface area contributed by atoms with Gasteiger partial charge in [0.25, 0.3) is 5.91 Å². The Morgan fingerprint density at radius 2 is 1.40 bits per heavy atom. The van der Waals surface area contributed by atoms with E-state index in [-0.39, 0.29) is 36.0 Å². The van der Waals surface area contributed by atoms with Crippen LogP contribution >= 0.6 is 23.2 Å². The van der Waals surface area contributed by atoms with Gasteiger partial charge in [0.05, 0.1) is 22.4 Å². The third-order valence-electron chi connectivity index (χ3n) is 7.42. The minimum atomic E-state index is -1.00. The van der Waals surface area contributed by atoms with E-state index in [9.17, 15) is 19.2 Å². The molecule has 222 valence electrons. The molecule has 1 aliphatic rings. The van der Waals surface area contributed by atoms with Crippen molar-refractivity contribution in [2.75, 3.05) is 6.54 Å². The quantitative estimate of drug-likeness (QED) is 0.212. The van der Waals surface area contributed by atoms with Gasteiger partial charge >= 0.3 is 5.97 Å². The van der Waals surface area contributed by atoms with Crippen LogP contribution in [0, 0.1) is 0 Å². The highest BCUT2D eigenvalue weighted by Gasteiger charge is 2.27. The van der Waals surface area contributed by atoms with Crippen LogP contribution in [0.25, 0.3) is 0 Å². The molecule has 1 fully saturated rings. The molecule has 0 aliphatic heterocycles. The maximum Gasteiger partial charge on any atom is 0.305 e. The molecule has 3 aromatic carbocycles. The van der Waals surface area contributed by atoms with Gasteiger partial charge in [-0.25, -0.2) is 0 Å². The Bertz CT molecular complexity index is 1380. The smallest absolute Gasteiger partial charge is 0.305 e. The van der Waals surface area contributed by atoms with Crippen LogP contribution in [0.5, 0.6) is 0 Å². The van der Waals surface area contributed by atoms with Crippen molar-refractivity contribution in [2.45, 2.75) is 70.6 Å². The molecule has 4 rings (SSSR count). The lowest BCUT2D eigenvalue weighted by Crippen LogP contribution is -2.26. The second kappa shape index (κ2) is 16.2. The van der Waals surface area contributed by atoms with Gasteiger partial charge in [-0.15, -0.1) is 0 Å². The first-order chi connectivity index (χ1) is 20.2. The molecule has 1 saturated carbocycles. The highest BCUT2D eigenvalue weighted by Crippen LogP contribution is 2.34. The average Bonchev–Trinajstić information content (AvgIpc) is 3.02. The van der Waals surface area contributed by atoms with Crippen LogP contribution in [0.4, 0.5) is 0 Å². The highest BCUT2D eigenvalue weighted by molar-refractivity contribution is 6.42. The number of carbonyl (C=O) groups is 4. The maximum absolute atomic E-state index is 13.8. The lowest BCUT2D eigenvalue weighted by atomic mass is 9.82. The Labute approximate surface area is 257 Å². The molecule has 1 amide bonds. The zero-order valence-electron chi connectivity index (χ0n) is 24.0. The predicted molar refractivity (Wildman–Crippen MR) is 167 cm³/mol. The summed E-state index contributed by atoms with van der Waals surface area (Å²) in [6, 6.07) is 18.8. The Morgan fingerprint density at radius 3 is 2.00 bits per heavy atom. The molecule has 0 bridgehead atoms. The summed E-state index contributed by atoms with van der Waals surface area (Å²) >= 11 is 12.1. The van der Waals surface area contributed by atoms with Crippen molar-refractivity contribution in [1.82, 2.24) is 5.32 Å². The molecule has 1 unspecified atom stereocenters. The summed E-state index contributed by atoms with van der Waals surface area (Å²) < 4.78 is 0. The first kappa shape index (κ1) is 33.0. The zero-order valence-corrected chi connectivity index (χ0v) is 25.5. The SMILES string of the molecule is CC.O=C(O)CCNC(=O)c1ccc(C(CC(=O)c2ccc(Cl)c(Cl)c2)C(=O)c2ccc(C3CCCCC3)cc2)cc1. The number of halogens is 2. The summed E-state index contributed by atoms with van der Waals surface area (Å²) in [5.74, 6) is -2.14. The van der Waals surface area contributed by atoms with Crippen molar-refractivity contribution in [3.05, 3.63) is 105 Å². The summed E-state index contributed by atoms with van der Waals surface area (Å²) in [4.78, 5) is 50.2. The summed E-state index contributed by atoms with van der Waals surface area (Å²) in [6.45, 7) is 4.01. The van der Waals surface area contributed by atoms with Crippen molar-refractivity contribution < 1.29 is 24.3 Å². The molecule has 1 atom stereocenters. The molecule has 3 aromatic rings. The van der Waals surface area contributed by atoms with Gasteiger partial charge < -0.3 is 10.4 Å². The standard InChI is InChI=1S/C32H31Cl2NO5.C2H6/c33-27-15-14-25(18-28(27)34)29(36)19-26(22-8-12-24(13-9-22)32(40)35-17-16-30(37)38)31(39)23-10-6-21(7-11-23)20-4-2-1-3-5-20;1-2/h6-15,18,20,26H,1-5,16-17,19H2,(H,35,40)(H,37,38);1-2H3. The number of aliphatic carboxylic acids is 1. The van der Waals surface area contributed by atoms with E-state index in [1.165, 1.54) is 30.9 Å². The molecule has 1 aliphatic carbocycles. The number of nitrogens with one attached hydrogen (secondary N) is 1. The van der Waals surface area contributed by atoms with E-state index in [0.29, 0.717) is 33.2 Å². The fourth-order valence-electron chi connectivity index (χ4n) is 5.14. The van der Waals surface area contributed by atoms with Crippen molar-refractivity contribution in [3.8, 4) is 0 Å². The van der Waals surface area contributed by atoms with Crippen LogP contribution < -0.4 is 5.32 Å². The number of carboxylic acids is 1. The van der Waals surface area contributed by atoms with E-state index in [4.69, 9.17) is 28.3 Å². The Hall–Kier alpha value is -3.48. The molecule has 0 heterocycles. The third-order valence-corrected chi connectivity index (χ3v) is 8.16. The van der Waals surface area contributed by atoms with Gasteiger partial charge in [0.2, 0.25) is 0 Å². The van der Waals surface area contributed by atoms with Crippen molar-refractivity contribution in [3.63, 3.8) is 0 Å². The van der Waals surface area contributed by atoms with E-state index in [0.717, 1.165) is 12.8 Å². The first-order valence-electron chi connectivity index (χ1n) is 14.5. The van der Waals surface area contributed by atoms with Gasteiger partial charge in [-0.2, -0.15) is 0 Å². The summed E-state index contributed by atoms with van der Waals surface area (Å²) in [6.07, 6.45) is 5.75. The van der Waals surface area contributed by atoms with Gasteiger partial charge in [0.1, 0.15) is 0 Å². The topological polar surface area (TPSA) is 101 Å². The van der Waals surface area contributed by atoms with Gasteiger partial charge in [-0.05, 0) is 60.2 Å². The predicted octanol–water partition coefficient (Wildman–Crippen LogP) is 8.51. The van der Waals surface area contributed by atoms with E-state index >= 15 is 0 Å².